The first-order chi connectivity index (χ1) is 16.2. The molecule has 0 spiro atoms. The third-order valence-corrected chi connectivity index (χ3v) is 6.04. The molecule has 4 atom stereocenters. The van der Waals surface area contributed by atoms with Gasteiger partial charge in [0.25, 0.3) is 5.56 Å². The second-order valence-corrected chi connectivity index (χ2v) is 9.09. The maximum absolute atomic E-state index is 12.4. The normalized spacial score (nSPS) is 21.7. The lowest BCUT2D eigenvalue weighted by molar-refractivity contribution is -0.170. The van der Waals surface area contributed by atoms with Gasteiger partial charge >= 0.3 is 36.8 Å². The van der Waals surface area contributed by atoms with E-state index < -0.39 is 91.1 Å². The molecular weight excluding hydrogens is 519 g/mol. The summed E-state index contributed by atoms with van der Waals surface area (Å²) >= 11 is 3.62. The molecule has 0 aliphatic carbocycles. The van der Waals surface area contributed by atoms with E-state index in [0.717, 1.165) is 23.9 Å². The quantitative estimate of drug-likeness (QED) is 0.107. The Hall–Kier alpha value is -3.11. The highest BCUT2D eigenvalue weighted by Gasteiger charge is 2.63. The van der Waals surface area contributed by atoms with Gasteiger partial charge in [0.15, 0.2) is 24.2 Å². The molecular formula is C17H20N2O14PS+. The third-order valence-electron chi connectivity index (χ3n) is 5.35. The van der Waals surface area contributed by atoms with E-state index in [0.29, 0.717) is 0 Å². The number of carboxylic acids is 4. The predicted molar refractivity (Wildman–Crippen MR) is 113 cm³/mol. The molecule has 0 radical (unpaired) electrons. The Morgan fingerprint density at radius 1 is 1.11 bits per heavy atom. The number of rotatable bonds is 12. The summed E-state index contributed by atoms with van der Waals surface area (Å²) in [5.74, 6) is -12.1. The van der Waals surface area contributed by atoms with Crippen LogP contribution in [-0.4, -0.2) is 78.8 Å². The lowest BCUT2D eigenvalue weighted by atomic mass is 9.78. The number of hydrogen-bond donors (Lipinski definition) is 6. The Kier molecular flexibility index (Phi) is 8.91. The lowest BCUT2D eigenvalue weighted by Crippen LogP contribution is -2.50. The number of carboxylic acid groups (broad SMARTS) is 4. The second kappa shape index (κ2) is 11.1. The van der Waals surface area contributed by atoms with Crippen LogP contribution in [0.15, 0.2) is 21.9 Å². The smallest absolute Gasteiger partial charge is 0.481 e. The van der Waals surface area contributed by atoms with E-state index in [1.807, 2.05) is 4.98 Å². The minimum atomic E-state index is -2.86. The van der Waals surface area contributed by atoms with Gasteiger partial charge in [0.2, 0.25) is 0 Å². The van der Waals surface area contributed by atoms with Crippen LogP contribution < -0.4 is 11.2 Å². The molecule has 18 heteroatoms. The fourth-order valence-corrected chi connectivity index (χ4v) is 4.63. The van der Waals surface area contributed by atoms with Crippen molar-refractivity contribution in [3.8, 4) is 0 Å². The highest BCUT2D eigenvalue weighted by molar-refractivity contribution is 8.39. The Labute approximate surface area is 200 Å². The van der Waals surface area contributed by atoms with Crippen molar-refractivity contribution in [1.82, 2.24) is 9.55 Å². The van der Waals surface area contributed by atoms with E-state index in [9.17, 15) is 53.8 Å². The molecule has 0 aromatic carbocycles. The van der Waals surface area contributed by atoms with Crippen molar-refractivity contribution in [2.75, 3.05) is 7.11 Å². The van der Waals surface area contributed by atoms with Crippen LogP contribution in [0.1, 0.15) is 19.1 Å². The van der Waals surface area contributed by atoms with E-state index in [1.54, 1.807) is 0 Å². The summed E-state index contributed by atoms with van der Waals surface area (Å²) in [5.41, 5.74) is -4.27. The number of nitrogens with one attached hydrogen (secondary N) is 1. The number of ether oxygens (including phenoxy) is 2. The fourth-order valence-electron chi connectivity index (χ4n) is 3.82. The molecule has 1 saturated heterocycles. The zero-order chi connectivity index (χ0) is 26.7. The third kappa shape index (κ3) is 6.12. The number of aromatic amines is 1. The Bertz CT molecular complexity index is 1090. The Morgan fingerprint density at radius 2 is 1.60 bits per heavy atom. The average molecular weight is 539 g/mol. The van der Waals surface area contributed by atoms with Gasteiger partial charge in [0.1, 0.15) is 24.0 Å². The average Bonchev–Trinajstić information content (AvgIpc) is 3.01. The van der Waals surface area contributed by atoms with Crippen LogP contribution >= 0.6 is 19.5 Å². The van der Waals surface area contributed by atoms with E-state index in [2.05, 4.69) is 12.2 Å². The Balaban J connectivity index is 2.79. The summed E-state index contributed by atoms with van der Waals surface area (Å²) in [7, 11) is -1.80. The molecule has 192 valence electrons. The number of hydrogen-bond acceptors (Lipinski definition) is 10. The fraction of sp³-hybridized carbons (Fsp3) is 0.529. The number of nitrogens with zero attached hydrogens (tertiary/aromatic N) is 1. The van der Waals surface area contributed by atoms with Gasteiger partial charge in [-0.05, 0) is 4.57 Å². The number of aromatic nitrogens is 2. The second-order valence-electron chi connectivity index (χ2n) is 7.42. The van der Waals surface area contributed by atoms with Crippen LogP contribution in [-0.2, 0) is 37.7 Å². The van der Waals surface area contributed by atoms with Gasteiger partial charge in [-0.25, -0.2) is 4.79 Å². The zero-order valence-electron chi connectivity index (χ0n) is 17.7. The molecule has 1 aromatic rings. The lowest BCUT2D eigenvalue weighted by Gasteiger charge is -2.34. The van der Waals surface area contributed by atoms with Crippen molar-refractivity contribution < 1.29 is 58.2 Å². The van der Waals surface area contributed by atoms with Crippen LogP contribution in [0.5, 0.6) is 0 Å². The number of thiol groups is 1. The Morgan fingerprint density at radius 3 is 1.97 bits per heavy atom. The first kappa shape index (κ1) is 28.1. The van der Waals surface area contributed by atoms with Crippen molar-refractivity contribution in [2.45, 2.75) is 36.9 Å². The van der Waals surface area contributed by atoms with Crippen molar-refractivity contribution in [2.24, 2.45) is 11.8 Å². The molecule has 1 aliphatic rings. The van der Waals surface area contributed by atoms with Gasteiger partial charge in [-0.15, -0.1) is 4.52 Å². The monoisotopic (exact) mass is 539 g/mol. The maximum Gasteiger partial charge on any atom is 0.582 e. The van der Waals surface area contributed by atoms with Gasteiger partial charge in [-0.1, -0.05) is 0 Å². The van der Waals surface area contributed by atoms with Crippen molar-refractivity contribution in [3.63, 3.8) is 0 Å². The van der Waals surface area contributed by atoms with Gasteiger partial charge in [0, 0.05) is 32.2 Å². The van der Waals surface area contributed by atoms with Crippen LogP contribution in [0.2, 0.25) is 0 Å². The summed E-state index contributed by atoms with van der Waals surface area (Å²) in [6, 6.07) is 0.904. The maximum atomic E-state index is 12.4. The number of carbonyl (C=O) groups is 4. The van der Waals surface area contributed by atoms with E-state index >= 15 is 0 Å². The summed E-state index contributed by atoms with van der Waals surface area (Å²) in [6.45, 7) is 0. The topological polar surface area (TPSA) is 249 Å². The number of H-pyrrole nitrogens is 1. The molecule has 2 unspecified atom stereocenters. The number of aliphatic carboxylic acids is 4. The molecule has 1 aromatic heterocycles. The molecule has 2 rings (SSSR count). The largest absolute Gasteiger partial charge is 0.582 e. The van der Waals surface area contributed by atoms with Gasteiger partial charge in [-0.2, -0.15) is 0 Å². The van der Waals surface area contributed by atoms with Gasteiger partial charge in [-0.3, -0.25) is 33.5 Å². The molecule has 0 bridgehead atoms. The standard InChI is InChI=1S/C17H19N2O14PS/c1-31-9-10(33-34(30)35)17(4-6(12(21)22)13(23)24,5-7(14(25)26)15(27)28)32-11(9)19-3-2-8(20)18-16(19)29/h2-3,6-7,9-11H,4-5H2,1H3,(H5-,18,20,21,22,23,24,25,26,27,28,29,30,35)/p+1/t9-,10?,11+/m0/s1. The molecule has 0 saturated carbocycles. The molecule has 2 heterocycles. The van der Waals surface area contributed by atoms with E-state index in [1.165, 1.54) is 0 Å². The molecule has 5 N–H and O–H groups in total. The highest BCUT2D eigenvalue weighted by Crippen LogP contribution is 2.50. The summed E-state index contributed by atoms with van der Waals surface area (Å²) in [6.07, 6.45) is -6.13. The van der Waals surface area contributed by atoms with Gasteiger partial charge < -0.3 is 29.9 Å². The van der Waals surface area contributed by atoms with Crippen LogP contribution in [0.3, 0.4) is 0 Å². The minimum absolute atomic E-state index is 0.742. The van der Waals surface area contributed by atoms with E-state index in [4.69, 9.17) is 14.0 Å². The molecule has 1 aliphatic heterocycles. The molecule has 16 nitrogen and oxygen atoms in total. The molecule has 1 fully saturated rings. The van der Waals surface area contributed by atoms with Crippen LogP contribution in [0.25, 0.3) is 0 Å². The van der Waals surface area contributed by atoms with Crippen molar-refractivity contribution >= 4 is 43.4 Å². The van der Waals surface area contributed by atoms with Crippen LogP contribution in [0, 0.1) is 11.8 Å². The predicted octanol–water partition coefficient (Wildman–Crippen LogP) is -0.857. The summed E-state index contributed by atoms with van der Waals surface area (Å²) < 4.78 is 29.0. The van der Waals surface area contributed by atoms with Gasteiger partial charge in [0.05, 0.1) is 0 Å². The van der Waals surface area contributed by atoms with Crippen molar-refractivity contribution in [1.29, 1.82) is 0 Å². The highest BCUT2D eigenvalue weighted by atomic mass is 32.7. The molecule has 0 amide bonds. The minimum Gasteiger partial charge on any atom is -0.481 e. The van der Waals surface area contributed by atoms with E-state index in [-0.39, 0.29) is 0 Å². The first-order valence-electron chi connectivity index (χ1n) is 9.50. The molecule has 35 heavy (non-hydrogen) atoms. The van der Waals surface area contributed by atoms with Crippen LogP contribution in [0.4, 0.5) is 0 Å². The summed E-state index contributed by atoms with van der Waals surface area (Å²) in [5, 5.41) is 37.6. The SMILES string of the molecule is CO[C@H]1C(O[P+](=O)S)C(CC(C(=O)O)C(=O)O)(CC(C(=O)O)C(=O)O)O[C@H]1n1ccc(=O)[nH]c1=O. The number of methoxy groups -OCH3 is 1. The summed E-state index contributed by atoms with van der Waals surface area (Å²) in [4.78, 5) is 72.3. The van der Waals surface area contributed by atoms with Crippen molar-refractivity contribution in [3.05, 3.63) is 33.1 Å². The first-order valence-corrected chi connectivity index (χ1v) is 11.8. The zero-order valence-corrected chi connectivity index (χ0v) is 19.5.